The standard InChI is InChI=1S/C10H13O.2C7H7.Bi/c1-3-11-8-10-6-4-5-9(2)7-10;2*1-7-5-3-2-4-6-7;/h4-5,7H,3,8H2,1-2H3;2*2-5H,1H3;. The molecule has 0 atom stereocenters. The van der Waals surface area contributed by atoms with Gasteiger partial charge in [-0.25, -0.2) is 0 Å². The fourth-order valence-corrected chi connectivity index (χ4v) is 13.9. The molecule has 0 saturated heterocycles. The maximum atomic E-state index is 5.83. The number of hydrogen-bond acceptors (Lipinski definition) is 1. The van der Waals surface area contributed by atoms with Crippen molar-refractivity contribution >= 4 is 31.6 Å². The molecule has 1 nitrogen and oxygen atoms in total. The zero-order valence-electron chi connectivity index (χ0n) is 16.1. The molecule has 3 aromatic rings. The average molecular weight is 540 g/mol. The van der Waals surface area contributed by atoms with Crippen molar-refractivity contribution in [1.82, 2.24) is 0 Å². The van der Waals surface area contributed by atoms with E-state index in [1.54, 1.807) is 9.81 Å². The first-order valence-corrected chi connectivity index (χ1v) is 14.4. The van der Waals surface area contributed by atoms with Crippen molar-refractivity contribution < 1.29 is 4.74 Å². The van der Waals surface area contributed by atoms with Crippen molar-refractivity contribution in [2.45, 2.75) is 34.3 Å². The predicted octanol–water partition coefficient (Wildman–Crippen LogP) is 3.66. The van der Waals surface area contributed by atoms with Crippen molar-refractivity contribution in [2.75, 3.05) is 6.61 Å². The van der Waals surface area contributed by atoms with E-state index in [0.717, 1.165) is 6.61 Å². The maximum absolute atomic E-state index is 5.83. The van der Waals surface area contributed by atoms with E-state index >= 15 is 0 Å². The van der Waals surface area contributed by atoms with E-state index in [4.69, 9.17) is 4.74 Å². The SMILES string of the molecule is CCOCc1cc(C)cc[c]1[Bi]([c]1ccccc1C)[c]1ccccc1C. The van der Waals surface area contributed by atoms with Gasteiger partial charge in [-0.2, -0.15) is 0 Å². The van der Waals surface area contributed by atoms with Crippen molar-refractivity contribution in [3.05, 3.63) is 89.0 Å². The van der Waals surface area contributed by atoms with Crippen molar-refractivity contribution in [1.29, 1.82) is 0 Å². The number of aryl methyl sites for hydroxylation is 3. The monoisotopic (exact) mass is 540 g/mol. The van der Waals surface area contributed by atoms with Gasteiger partial charge in [-0.15, -0.1) is 0 Å². The number of benzene rings is 3. The molecule has 26 heavy (non-hydrogen) atoms. The number of rotatable bonds is 6. The fourth-order valence-electron chi connectivity index (χ4n) is 3.28. The van der Waals surface area contributed by atoms with E-state index in [-0.39, 0.29) is 0 Å². The van der Waals surface area contributed by atoms with Crippen LogP contribution in [-0.2, 0) is 11.3 Å². The summed E-state index contributed by atoms with van der Waals surface area (Å²) >= 11 is -2.40. The van der Waals surface area contributed by atoms with Gasteiger partial charge in [0, 0.05) is 0 Å². The first-order chi connectivity index (χ1) is 12.6. The second-order valence-corrected chi connectivity index (χ2v) is 14.9. The molecule has 0 saturated carbocycles. The summed E-state index contributed by atoms with van der Waals surface area (Å²) in [6, 6.07) is 24.9. The summed E-state index contributed by atoms with van der Waals surface area (Å²) < 4.78 is 10.5. The normalized spacial score (nSPS) is 11.1. The molecule has 0 aliphatic carbocycles. The Kier molecular flexibility index (Phi) is 6.62. The van der Waals surface area contributed by atoms with Crippen LogP contribution in [0, 0.1) is 20.8 Å². The topological polar surface area (TPSA) is 9.23 Å². The van der Waals surface area contributed by atoms with Gasteiger partial charge in [0.1, 0.15) is 0 Å². The van der Waals surface area contributed by atoms with Crippen LogP contribution >= 0.6 is 0 Å². The van der Waals surface area contributed by atoms with Crippen LogP contribution in [0.1, 0.15) is 29.2 Å². The summed E-state index contributed by atoms with van der Waals surface area (Å²) in [4.78, 5) is 0. The van der Waals surface area contributed by atoms with Crippen molar-refractivity contribution in [3.63, 3.8) is 0 Å². The molecule has 3 aromatic carbocycles. The molecule has 0 unspecified atom stereocenters. The minimum atomic E-state index is -2.40. The van der Waals surface area contributed by atoms with Crippen LogP contribution in [0.15, 0.2) is 66.7 Å². The van der Waals surface area contributed by atoms with Crippen LogP contribution in [0.4, 0.5) is 0 Å². The van der Waals surface area contributed by atoms with Crippen LogP contribution in [-0.4, -0.2) is 28.4 Å². The second-order valence-electron chi connectivity index (χ2n) is 6.68. The summed E-state index contributed by atoms with van der Waals surface area (Å²) in [5, 5.41) is 0. The molecular weight excluding hydrogens is 513 g/mol. The third-order valence-corrected chi connectivity index (χ3v) is 15.9. The molecule has 0 N–H and O–H groups in total. The predicted molar refractivity (Wildman–Crippen MR) is 114 cm³/mol. The van der Waals surface area contributed by atoms with Gasteiger partial charge < -0.3 is 0 Å². The zero-order valence-corrected chi connectivity index (χ0v) is 19.6. The van der Waals surface area contributed by atoms with Gasteiger partial charge in [0.15, 0.2) is 0 Å². The van der Waals surface area contributed by atoms with E-state index in [9.17, 15) is 0 Å². The zero-order chi connectivity index (χ0) is 18.5. The summed E-state index contributed by atoms with van der Waals surface area (Å²) in [6.07, 6.45) is 0. The van der Waals surface area contributed by atoms with E-state index in [2.05, 4.69) is 94.4 Å². The summed E-state index contributed by atoms with van der Waals surface area (Å²) in [5.74, 6) is 0. The Morgan fingerprint density at radius 2 is 1.31 bits per heavy atom. The number of ether oxygens (including phenoxy) is 1. The minimum absolute atomic E-state index is 0.705. The number of hydrogen-bond donors (Lipinski definition) is 0. The van der Waals surface area contributed by atoms with E-state index in [1.807, 2.05) is 0 Å². The molecule has 0 fully saturated rings. The Labute approximate surface area is 165 Å². The molecule has 0 amide bonds. The van der Waals surface area contributed by atoms with Crippen molar-refractivity contribution in [3.8, 4) is 0 Å². The van der Waals surface area contributed by atoms with Gasteiger partial charge in [-0.3, -0.25) is 0 Å². The average Bonchev–Trinajstić information content (AvgIpc) is 2.64. The molecule has 3 rings (SSSR count). The quantitative estimate of drug-likeness (QED) is 0.434. The summed E-state index contributed by atoms with van der Waals surface area (Å²) in [6.45, 7) is 10.2. The molecule has 0 aliphatic heterocycles. The van der Waals surface area contributed by atoms with Crippen LogP contribution in [0.25, 0.3) is 0 Å². The molecule has 0 heterocycles. The third kappa shape index (κ3) is 4.25. The molecule has 0 spiro atoms. The van der Waals surface area contributed by atoms with E-state index in [0.29, 0.717) is 6.61 Å². The Morgan fingerprint density at radius 1 is 0.731 bits per heavy atom. The Hall–Kier alpha value is -1.50. The van der Waals surface area contributed by atoms with Gasteiger partial charge >= 0.3 is 166 Å². The molecule has 2 heteroatoms. The van der Waals surface area contributed by atoms with E-state index in [1.165, 1.54) is 22.3 Å². The van der Waals surface area contributed by atoms with Crippen LogP contribution in [0.3, 0.4) is 0 Å². The van der Waals surface area contributed by atoms with Gasteiger partial charge in [-0.1, -0.05) is 0 Å². The first kappa shape index (κ1) is 19.3. The first-order valence-electron chi connectivity index (χ1n) is 9.20. The van der Waals surface area contributed by atoms with Crippen LogP contribution < -0.4 is 9.81 Å². The molecule has 0 radical (unpaired) electrons. The molecule has 0 bridgehead atoms. The Balaban J connectivity index is 2.23. The van der Waals surface area contributed by atoms with Crippen LogP contribution in [0.2, 0.25) is 0 Å². The molecule has 0 aromatic heterocycles. The Bertz CT molecular complexity index is 839. The summed E-state index contributed by atoms with van der Waals surface area (Å²) in [5.41, 5.74) is 5.51. The van der Waals surface area contributed by atoms with Crippen molar-refractivity contribution in [2.24, 2.45) is 0 Å². The van der Waals surface area contributed by atoms with Gasteiger partial charge in [0.05, 0.1) is 0 Å². The second kappa shape index (κ2) is 8.93. The van der Waals surface area contributed by atoms with Gasteiger partial charge in [0.2, 0.25) is 0 Å². The summed E-state index contributed by atoms with van der Waals surface area (Å²) in [7, 11) is 0. The fraction of sp³-hybridized carbons (Fsp3) is 0.250. The molecular formula is C24H27BiO. The molecule has 0 aliphatic rings. The van der Waals surface area contributed by atoms with Gasteiger partial charge in [0.25, 0.3) is 0 Å². The molecule has 134 valence electrons. The van der Waals surface area contributed by atoms with Crippen LogP contribution in [0.5, 0.6) is 0 Å². The van der Waals surface area contributed by atoms with Gasteiger partial charge in [-0.05, 0) is 0 Å². The third-order valence-electron chi connectivity index (χ3n) is 4.65. The van der Waals surface area contributed by atoms with E-state index < -0.39 is 21.8 Å². The Morgan fingerprint density at radius 3 is 1.85 bits per heavy atom.